The highest BCUT2D eigenvalue weighted by Gasteiger charge is 2.45. The number of amides is 1. The van der Waals surface area contributed by atoms with Gasteiger partial charge in [0.15, 0.2) is 0 Å². The third kappa shape index (κ3) is 3.85. The van der Waals surface area contributed by atoms with Gasteiger partial charge in [-0.3, -0.25) is 9.78 Å². The number of nitrogens with zero attached hydrogens (tertiary/aromatic N) is 2. The van der Waals surface area contributed by atoms with Gasteiger partial charge in [-0.15, -0.1) is 6.42 Å². The van der Waals surface area contributed by atoms with E-state index < -0.39 is 12.0 Å². The van der Waals surface area contributed by atoms with Crippen LogP contribution in [0.2, 0.25) is 0 Å². The van der Waals surface area contributed by atoms with Gasteiger partial charge >= 0.3 is 0 Å². The first-order valence-corrected chi connectivity index (χ1v) is 11.0. The van der Waals surface area contributed by atoms with Crippen LogP contribution in [0.3, 0.4) is 0 Å². The second-order valence-corrected chi connectivity index (χ2v) is 8.99. The van der Waals surface area contributed by atoms with Gasteiger partial charge in [0.1, 0.15) is 17.6 Å². The molecule has 2 aliphatic rings. The Morgan fingerprint density at radius 3 is 2.59 bits per heavy atom. The topological polar surface area (TPSA) is 75.1 Å². The maximum atomic E-state index is 13.8. The Balaban J connectivity index is 1.23. The number of fused-ring (bicyclic) bond motifs is 2. The van der Waals surface area contributed by atoms with Crippen LogP contribution in [0, 0.1) is 35.9 Å². The zero-order valence-corrected chi connectivity index (χ0v) is 17.5. The summed E-state index contributed by atoms with van der Waals surface area (Å²) in [5.41, 5.74) is 2.98. The van der Waals surface area contributed by atoms with Crippen molar-refractivity contribution in [2.75, 3.05) is 5.32 Å². The first-order valence-electron chi connectivity index (χ1n) is 11.0. The van der Waals surface area contributed by atoms with E-state index in [-0.39, 0.29) is 11.7 Å². The number of rotatable bonds is 4. The lowest BCUT2D eigenvalue weighted by atomic mass is 9.89. The van der Waals surface area contributed by atoms with Gasteiger partial charge < -0.3 is 10.4 Å². The van der Waals surface area contributed by atoms with Gasteiger partial charge in [-0.1, -0.05) is 5.92 Å². The Morgan fingerprint density at radius 2 is 1.91 bits per heavy atom. The molecule has 1 amide bonds. The molecule has 2 fully saturated rings. The average molecular weight is 429 g/mol. The van der Waals surface area contributed by atoms with Crippen LogP contribution in [0.5, 0.6) is 0 Å². The van der Waals surface area contributed by atoms with Crippen molar-refractivity contribution in [1.82, 2.24) is 9.97 Å². The molecule has 162 valence electrons. The molecule has 2 aliphatic carbocycles. The van der Waals surface area contributed by atoms with E-state index >= 15 is 0 Å². The lowest BCUT2D eigenvalue weighted by molar-refractivity contribution is -0.126. The first-order chi connectivity index (χ1) is 15.5. The lowest BCUT2D eigenvalue weighted by Crippen LogP contribution is -2.33. The Morgan fingerprint density at radius 1 is 1.12 bits per heavy atom. The third-order valence-electron chi connectivity index (χ3n) is 7.12. The number of aliphatic hydroxyl groups excluding tert-OH is 1. The maximum Gasteiger partial charge on any atom is 0.253 e. The number of benzene rings is 1. The van der Waals surface area contributed by atoms with Crippen molar-refractivity contribution < 1.29 is 14.3 Å². The number of carbonyl (C=O) groups is 1. The fourth-order valence-corrected chi connectivity index (χ4v) is 5.65. The largest absolute Gasteiger partial charge is 0.383 e. The predicted octanol–water partition coefficient (Wildman–Crippen LogP) is 4.27. The van der Waals surface area contributed by atoms with Gasteiger partial charge in [0, 0.05) is 11.6 Å². The minimum atomic E-state index is -1.05. The summed E-state index contributed by atoms with van der Waals surface area (Å²) in [6.07, 6.45) is 11.2. The SMILES string of the molecule is C#Cc1ccc(NC(=O)C(O)C2CC3CC(c4ccnc5ccc(F)cc45)CC3C2)cn1. The summed E-state index contributed by atoms with van der Waals surface area (Å²) >= 11 is 0. The Bertz CT molecular complexity index is 1190. The molecular formula is C26H24FN3O2. The van der Waals surface area contributed by atoms with Crippen LogP contribution in [0.4, 0.5) is 10.1 Å². The van der Waals surface area contributed by atoms with Crippen molar-refractivity contribution in [2.45, 2.75) is 37.7 Å². The van der Waals surface area contributed by atoms with Gasteiger partial charge in [-0.2, -0.15) is 0 Å². The molecule has 2 aromatic heterocycles. The summed E-state index contributed by atoms with van der Waals surface area (Å²) in [6.45, 7) is 0. The first kappa shape index (κ1) is 20.6. The molecule has 0 spiro atoms. The van der Waals surface area contributed by atoms with Gasteiger partial charge in [0.25, 0.3) is 5.91 Å². The van der Waals surface area contributed by atoms with E-state index in [0.29, 0.717) is 29.1 Å². The van der Waals surface area contributed by atoms with Gasteiger partial charge in [0.2, 0.25) is 0 Å². The molecule has 5 rings (SSSR count). The summed E-state index contributed by atoms with van der Waals surface area (Å²) in [5, 5.41) is 14.3. The monoisotopic (exact) mass is 429 g/mol. The van der Waals surface area contributed by atoms with E-state index in [4.69, 9.17) is 6.42 Å². The highest BCUT2D eigenvalue weighted by Crippen LogP contribution is 2.53. The van der Waals surface area contributed by atoms with Gasteiger partial charge in [0.05, 0.1) is 17.4 Å². The van der Waals surface area contributed by atoms with Gasteiger partial charge in [-0.05, 0) is 91.3 Å². The maximum absolute atomic E-state index is 13.8. The van der Waals surface area contributed by atoms with E-state index in [9.17, 15) is 14.3 Å². The zero-order valence-electron chi connectivity index (χ0n) is 17.5. The molecule has 5 nitrogen and oxygen atoms in total. The summed E-state index contributed by atoms with van der Waals surface area (Å²) in [5.74, 6) is 2.99. The quantitative estimate of drug-likeness (QED) is 0.608. The summed E-state index contributed by atoms with van der Waals surface area (Å²) in [6, 6.07) is 10.1. The number of aromatic nitrogens is 2. The van der Waals surface area contributed by atoms with Crippen LogP contribution in [-0.2, 0) is 4.79 Å². The molecule has 6 heteroatoms. The van der Waals surface area contributed by atoms with E-state index in [1.165, 1.54) is 12.3 Å². The van der Waals surface area contributed by atoms with Gasteiger partial charge in [-0.25, -0.2) is 9.37 Å². The highest BCUT2D eigenvalue weighted by molar-refractivity contribution is 5.94. The summed E-state index contributed by atoms with van der Waals surface area (Å²) in [7, 11) is 0. The van der Waals surface area contributed by atoms with E-state index in [1.54, 1.807) is 30.5 Å². The second-order valence-electron chi connectivity index (χ2n) is 8.99. The average Bonchev–Trinajstić information content (AvgIpc) is 3.38. The number of anilines is 1. The highest BCUT2D eigenvalue weighted by atomic mass is 19.1. The van der Waals surface area contributed by atoms with E-state index in [2.05, 4.69) is 21.2 Å². The minimum Gasteiger partial charge on any atom is -0.383 e. The van der Waals surface area contributed by atoms with Crippen molar-refractivity contribution in [2.24, 2.45) is 17.8 Å². The summed E-state index contributed by atoms with van der Waals surface area (Å²) in [4.78, 5) is 21.0. The molecule has 0 saturated heterocycles. The second kappa shape index (κ2) is 8.33. The Hall–Kier alpha value is -3.30. The summed E-state index contributed by atoms with van der Waals surface area (Å²) < 4.78 is 13.8. The fourth-order valence-electron chi connectivity index (χ4n) is 5.65. The van der Waals surface area contributed by atoms with Crippen LogP contribution in [0.1, 0.15) is 42.9 Å². The van der Waals surface area contributed by atoms with Crippen LogP contribution >= 0.6 is 0 Å². The normalized spacial score (nSPS) is 25.3. The number of nitrogens with one attached hydrogen (secondary N) is 1. The molecule has 1 aromatic carbocycles. The van der Waals surface area contributed by atoms with Crippen molar-refractivity contribution in [3.63, 3.8) is 0 Å². The van der Waals surface area contributed by atoms with E-state index in [0.717, 1.165) is 42.1 Å². The molecule has 2 saturated carbocycles. The van der Waals surface area contributed by atoms with Crippen LogP contribution < -0.4 is 5.32 Å². The molecule has 2 heterocycles. The molecule has 3 atom stereocenters. The number of halogens is 1. The number of aliphatic hydroxyl groups is 1. The van der Waals surface area contributed by atoms with E-state index in [1.807, 2.05) is 6.07 Å². The lowest BCUT2D eigenvalue weighted by Gasteiger charge is -2.20. The zero-order chi connectivity index (χ0) is 22.2. The number of hydrogen-bond donors (Lipinski definition) is 2. The minimum absolute atomic E-state index is 0.0597. The Kier molecular flexibility index (Phi) is 5.36. The molecule has 0 aliphatic heterocycles. The number of hydrogen-bond acceptors (Lipinski definition) is 4. The molecule has 0 bridgehead atoms. The number of pyridine rings is 2. The molecule has 0 radical (unpaired) electrons. The molecule has 3 aromatic rings. The van der Waals surface area contributed by atoms with Crippen molar-refractivity contribution >= 4 is 22.5 Å². The fraction of sp³-hybridized carbons (Fsp3) is 0.346. The van der Waals surface area contributed by atoms with Crippen molar-refractivity contribution in [3.8, 4) is 12.3 Å². The molecule has 3 unspecified atom stereocenters. The predicted molar refractivity (Wildman–Crippen MR) is 120 cm³/mol. The van der Waals surface area contributed by atoms with Crippen LogP contribution in [-0.4, -0.2) is 27.1 Å². The third-order valence-corrected chi connectivity index (χ3v) is 7.12. The van der Waals surface area contributed by atoms with Crippen molar-refractivity contribution in [1.29, 1.82) is 0 Å². The standard InChI is InChI=1S/C26H24FN3O2/c1-2-20-4-5-21(14-29-20)30-26(32)25(31)18-11-15-9-17(10-16(15)12-18)22-7-8-28-24-6-3-19(27)13-23(22)24/h1,3-8,13-18,25,31H,9-12H2,(H,30,32). The Labute approximate surface area is 186 Å². The molecule has 2 N–H and O–H groups in total. The number of carbonyl (C=O) groups excluding carboxylic acids is 1. The smallest absolute Gasteiger partial charge is 0.253 e. The molecular weight excluding hydrogens is 405 g/mol. The number of terminal acetylenes is 1. The van der Waals surface area contributed by atoms with Crippen LogP contribution in [0.15, 0.2) is 48.8 Å². The van der Waals surface area contributed by atoms with Crippen molar-refractivity contribution in [3.05, 3.63) is 65.9 Å². The molecule has 32 heavy (non-hydrogen) atoms. The van der Waals surface area contributed by atoms with Crippen LogP contribution in [0.25, 0.3) is 10.9 Å².